The third-order valence-electron chi connectivity index (χ3n) is 5.29. The number of carbonyl (C=O) groups excluding carboxylic acids is 1. The number of aromatic nitrogens is 1. The second kappa shape index (κ2) is 11.3. The van der Waals surface area contributed by atoms with Crippen molar-refractivity contribution in [3.05, 3.63) is 93.5 Å². The zero-order valence-electron chi connectivity index (χ0n) is 19.3. The summed E-state index contributed by atoms with van der Waals surface area (Å²) in [6.07, 6.45) is -0.150. The Morgan fingerprint density at radius 1 is 1.03 bits per heavy atom. The van der Waals surface area contributed by atoms with E-state index in [9.17, 15) is 9.59 Å². The Bertz CT molecular complexity index is 1420. The molecular formula is C27H22Cl2N2O5. The number of aryl methyl sites for hydroxylation is 1. The molecule has 0 atom stereocenters. The van der Waals surface area contributed by atoms with Gasteiger partial charge in [-0.05, 0) is 42.8 Å². The zero-order chi connectivity index (χ0) is 25.7. The van der Waals surface area contributed by atoms with E-state index in [0.29, 0.717) is 43.9 Å². The van der Waals surface area contributed by atoms with Crippen LogP contribution in [0.2, 0.25) is 10.0 Å². The number of carbonyl (C=O) groups is 2. The van der Waals surface area contributed by atoms with Crippen LogP contribution in [0.1, 0.15) is 21.5 Å². The van der Waals surface area contributed by atoms with Gasteiger partial charge in [-0.15, -0.1) is 0 Å². The number of rotatable bonds is 9. The molecule has 9 heteroatoms. The van der Waals surface area contributed by atoms with Crippen molar-refractivity contribution in [2.45, 2.75) is 13.3 Å². The van der Waals surface area contributed by atoms with Gasteiger partial charge in [-0.3, -0.25) is 9.59 Å². The minimum atomic E-state index is -0.952. The number of halogens is 2. The molecule has 1 amide bonds. The fraction of sp³-hybridized carbons (Fsp3) is 0.148. The minimum Gasteiger partial charge on any atom is -0.490 e. The molecule has 2 N–H and O–H groups in total. The third-order valence-corrected chi connectivity index (χ3v) is 5.82. The van der Waals surface area contributed by atoms with Crippen molar-refractivity contribution in [3.63, 3.8) is 0 Å². The molecule has 4 rings (SSSR count). The number of amides is 1. The summed E-state index contributed by atoms with van der Waals surface area (Å²) in [6, 6.07) is 19.3. The molecule has 0 spiro atoms. The highest BCUT2D eigenvalue weighted by Crippen LogP contribution is 2.33. The van der Waals surface area contributed by atoms with Crippen molar-refractivity contribution in [1.82, 2.24) is 10.5 Å². The van der Waals surface area contributed by atoms with Crippen molar-refractivity contribution >= 4 is 35.1 Å². The molecule has 0 aliphatic rings. The summed E-state index contributed by atoms with van der Waals surface area (Å²) in [5.74, 6) is -0.586. The molecule has 7 nitrogen and oxygen atoms in total. The van der Waals surface area contributed by atoms with E-state index in [1.54, 1.807) is 42.5 Å². The smallest absolute Gasteiger partial charge is 0.307 e. The van der Waals surface area contributed by atoms with Gasteiger partial charge in [0.05, 0.1) is 18.0 Å². The van der Waals surface area contributed by atoms with Crippen LogP contribution in [0.3, 0.4) is 0 Å². The number of nitrogens with zero attached hydrogens (tertiary/aromatic N) is 1. The van der Waals surface area contributed by atoms with Crippen molar-refractivity contribution in [2.24, 2.45) is 0 Å². The lowest BCUT2D eigenvalue weighted by Gasteiger charge is -2.10. The Morgan fingerprint density at radius 2 is 1.81 bits per heavy atom. The van der Waals surface area contributed by atoms with Gasteiger partial charge in [-0.2, -0.15) is 0 Å². The van der Waals surface area contributed by atoms with Crippen LogP contribution in [0.25, 0.3) is 22.6 Å². The van der Waals surface area contributed by atoms with Gasteiger partial charge in [-0.25, -0.2) is 0 Å². The first-order chi connectivity index (χ1) is 17.3. The minimum absolute atomic E-state index is 0.150. The first-order valence-corrected chi connectivity index (χ1v) is 11.8. The van der Waals surface area contributed by atoms with Gasteiger partial charge >= 0.3 is 5.97 Å². The van der Waals surface area contributed by atoms with Crippen LogP contribution in [0.5, 0.6) is 5.75 Å². The molecule has 4 aromatic rings. The number of aliphatic carboxylic acids is 1. The summed E-state index contributed by atoms with van der Waals surface area (Å²) < 4.78 is 11.3. The largest absolute Gasteiger partial charge is 0.490 e. The molecule has 0 aliphatic heterocycles. The van der Waals surface area contributed by atoms with Crippen LogP contribution < -0.4 is 10.1 Å². The molecule has 0 bridgehead atoms. The number of hydrogen-bond acceptors (Lipinski definition) is 5. The molecule has 0 radical (unpaired) electrons. The number of hydrogen-bond donors (Lipinski definition) is 2. The lowest BCUT2D eigenvalue weighted by molar-refractivity contribution is -0.136. The van der Waals surface area contributed by atoms with Gasteiger partial charge in [0.1, 0.15) is 23.6 Å². The van der Waals surface area contributed by atoms with Crippen LogP contribution in [0.15, 0.2) is 71.3 Å². The number of carboxylic acid groups (broad SMARTS) is 1. The van der Waals surface area contributed by atoms with Crippen LogP contribution >= 0.6 is 23.2 Å². The van der Waals surface area contributed by atoms with E-state index in [1.165, 1.54) is 0 Å². The second-order valence-corrected chi connectivity index (χ2v) is 8.90. The molecule has 0 unspecified atom stereocenters. The average Bonchev–Trinajstić information content (AvgIpc) is 3.28. The van der Waals surface area contributed by atoms with Crippen molar-refractivity contribution < 1.29 is 24.0 Å². The van der Waals surface area contributed by atoms with E-state index < -0.39 is 11.9 Å². The van der Waals surface area contributed by atoms with Crippen molar-refractivity contribution in [1.29, 1.82) is 0 Å². The van der Waals surface area contributed by atoms with E-state index >= 15 is 0 Å². The fourth-order valence-corrected chi connectivity index (χ4v) is 4.15. The SMILES string of the molecule is Cc1cccc(-c2onc(-c3cccc(CC(=O)O)c3)c2C(=O)NCCOc2ccc(Cl)cc2Cl)c1. The summed E-state index contributed by atoms with van der Waals surface area (Å²) in [5, 5.41) is 17.1. The van der Waals surface area contributed by atoms with E-state index in [1.807, 2.05) is 31.2 Å². The van der Waals surface area contributed by atoms with E-state index in [2.05, 4.69) is 10.5 Å². The third kappa shape index (κ3) is 6.05. The molecular weight excluding hydrogens is 503 g/mol. The summed E-state index contributed by atoms with van der Waals surface area (Å²) >= 11 is 12.0. The Hall–Kier alpha value is -3.81. The summed E-state index contributed by atoms with van der Waals surface area (Å²) in [4.78, 5) is 24.5. The molecule has 184 valence electrons. The van der Waals surface area contributed by atoms with Crippen molar-refractivity contribution in [2.75, 3.05) is 13.2 Å². The molecule has 36 heavy (non-hydrogen) atoms. The first-order valence-electron chi connectivity index (χ1n) is 11.1. The monoisotopic (exact) mass is 524 g/mol. The first kappa shape index (κ1) is 25.3. The molecule has 0 saturated heterocycles. The van der Waals surface area contributed by atoms with E-state index in [4.69, 9.17) is 37.6 Å². The van der Waals surface area contributed by atoms with Gasteiger partial charge in [0.2, 0.25) is 0 Å². The average molecular weight is 525 g/mol. The van der Waals surface area contributed by atoms with Crippen LogP contribution in [-0.2, 0) is 11.2 Å². The maximum atomic E-state index is 13.4. The summed E-state index contributed by atoms with van der Waals surface area (Å²) in [5.41, 5.74) is 3.42. The summed E-state index contributed by atoms with van der Waals surface area (Å²) in [6.45, 7) is 2.30. The lowest BCUT2D eigenvalue weighted by Crippen LogP contribution is -2.28. The highest BCUT2D eigenvalue weighted by molar-refractivity contribution is 6.35. The highest BCUT2D eigenvalue weighted by atomic mass is 35.5. The standard InChI is InChI=1S/C27H22Cl2N2O5/c1-16-4-2-7-19(12-16)26-24(25(31-36-26)18-6-3-5-17(13-18)14-23(32)33)27(34)30-10-11-35-22-9-8-20(28)15-21(22)29/h2-9,12-13,15H,10-11,14H2,1H3,(H,30,34)(H,32,33). The number of carboxylic acids is 1. The van der Waals surface area contributed by atoms with E-state index in [0.717, 1.165) is 5.56 Å². The lowest BCUT2D eigenvalue weighted by atomic mass is 9.99. The maximum Gasteiger partial charge on any atom is 0.307 e. The molecule has 3 aromatic carbocycles. The highest BCUT2D eigenvalue weighted by Gasteiger charge is 2.25. The number of ether oxygens (including phenoxy) is 1. The van der Waals surface area contributed by atoms with Crippen LogP contribution in [0.4, 0.5) is 0 Å². The molecule has 0 fully saturated rings. The Balaban J connectivity index is 1.60. The topological polar surface area (TPSA) is 102 Å². The van der Waals surface area contributed by atoms with Gasteiger partial charge in [-0.1, -0.05) is 70.3 Å². The van der Waals surface area contributed by atoms with Gasteiger partial charge in [0, 0.05) is 16.1 Å². The second-order valence-electron chi connectivity index (χ2n) is 8.05. The van der Waals surface area contributed by atoms with Crippen LogP contribution in [0, 0.1) is 6.92 Å². The quantitative estimate of drug-likeness (QED) is 0.258. The molecule has 1 heterocycles. The Kier molecular flexibility index (Phi) is 7.93. The fourth-order valence-electron chi connectivity index (χ4n) is 3.69. The van der Waals surface area contributed by atoms with Gasteiger partial charge < -0.3 is 19.7 Å². The van der Waals surface area contributed by atoms with Crippen molar-refractivity contribution in [3.8, 4) is 28.3 Å². The predicted molar refractivity (Wildman–Crippen MR) is 138 cm³/mol. The summed E-state index contributed by atoms with van der Waals surface area (Å²) in [7, 11) is 0. The predicted octanol–water partition coefficient (Wildman–Crippen LogP) is 6.06. The zero-order valence-corrected chi connectivity index (χ0v) is 20.8. The molecule has 0 saturated carbocycles. The maximum absolute atomic E-state index is 13.4. The molecule has 1 aromatic heterocycles. The normalized spacial score (nSPS) is 10.8. The van der Waals surface area contributed by atoms with Gasteiger partial charge in [0.15, 0.2) is 5.76 Å². The number of benzene rings is 3. The number of nitrogens with one attached hydrogen (secondary N) is 1. The molecule has 0 aliphatic carbocycles. The Labute approximate surface area is 217 Å². The Morgan fingerprint density at radius 3 is 2.56 bits per heavy atom. The van der Waals surface area contributed by atoms with Crippen LogP contribution in [-0.4, -0.2) is 35.3 Å². The van der Waals surface area contributed by atoms with Gasteiger partial charge in [0.25, 0.3) is 5.91 Å². The van der Waals surface area contributed by atoms with E-state index in [-0.39, 0.29) is 25.1 Å².